The molecule has 0 atom stereocenters. The van der Waals surface area contributed by atoms with E-state index in [1.165, 1.54) is 0 Å². The maximum Gasteiger partial charge on any atom is 0.240 e. The van der Waals surface area contributed by atoms with Crippen LogP contribution in [0.3, 0.4) is 0 Å². The summed E-state index contributed by atoms with van der Waals surface area (Å²) in [5.41, 5.74) is 5.41. The smallest absolute Gasteiger partial charge is 0.240 e. The maximum absolute atomic E-state index is 5.95. The molecule has 0 amide bonds. The number of nitrogens with zero attached hydrogens (tertiary/aromatic N) is 4. The highest BCUT2D eigenvalue weighted by molar-refractivity contribution is 4.99. The van der Waals surface area contributed by atoms with Crippen molar-refractivity contribution in [3.8, 4) is 0 Å². The van der Waals surface area contributed by atoms with Gasteiger partial charge in [-0.2, -0.15) is 4.98 Å². The summed E-state index contributed by atoms with van der Waals surface area (Å²) < 4.78 is 5.27. The number of piperazine rings is 1. The van der Waals surface area contributed by atoms with E-state index in [1.54, 1.807) is 0 Å². The molecule has 19 heavy (non-hydrogen) atoms. The lowest BCUT2D eigenvalue weighted by Gasteiger charge is -2.36. The minimum Gasteiger partial charge on any atom is -0.338 e. The van der Waals surface area contributed by atoms with Crippen molar-refractivity contribution in [3.05, 3.63) is 11.7 Å². The van der Waals surface area contributed by atoms with Crippen molar-refractivity contribution in [3.63, 3.8) is 0 Å². The number of hydrogen-bond donors (Lipinski definition) is 1. The fourth-order valence-electron chi connectivity index (χ4n) is 2.21. The van der Waals surface area contributed by atoms with Crippen LogP contribution >= 0.6 is 0 Å². The maximum atomic E-state index is 5.95. The lowest BCUT2D eigenvalue weighted by molar-refractivity contribution is 0.0960. The molecule has 6 nitrogen and oxygen atoms in total. The molecule has 0 radical (unpaired) electrons. The van der Waals surface area contributed by atoms with Crippen LogP contribution < -0.4 is 5.73 Å². The average molecular weight is 267 g/mol. The predicted molar refractivity (Wildman–Crippen MR) is 73.5 cm³/mol. The second-order valence-corrected chi connectivity index (χ2v) is 6.14. The summed E-state index contributed by atoms with van der Waals surface area (Å²) in [5.74, 6) is 1.23. The van der Waals surface area contributed by atoms with Crippen LogP contribution in [-0.4, -0.2) is 52.2 Å². The highest BCUT2D eigenvalue weighted by atomic mass is 16.5. The topological polar surface area (TPSA) is 71.4 Å². The van der Waals surface area contributed by atoms with Gasteiger partial charge in [0.15, 0.2) is 5.82 Å². The van der Waals surface area contributed by atoms with E-state index in [4.69, 9.17) is 10.3 Å². The molecule has 0 unspecified atom stereocenters. The zero-order chi connectivity index (χ0) is 14.0. The van der Waals surface area contributed by atoms with Gasteiger partial charge in [-0.1, -0.05) is 5.16 Å². The molecule has 2 rings (SSSR count). The van der Waals surface area contributed by atoms with Gasteiger partial charge >= 0.3 is 0 Å². The summed E-state index contributed by atoms with van der Waals surface area (Å²) in [6, 6.07) is 0.621. The van der Waals surface area contributed by atoms with E-state index in [0.29, 0.717) is 17.8 Å². The molecular weight excluding hydrogens is 242 g/mol. The Morgan fingerprint density at radius 2 is 1.89 bits per heavy atom. The van der Waals surface area contributed by atoms with E-state index in [9.17, 15) is 0 Å². The molecule has 0 saturated carbocycles. The average Bonchev–Trinajstić information content (AvgIpc) is 2.78. The molecule has 1 aromatic heterocycles. The molecule has 2 N–H and O–H groups in total. The summed E-state index contributed by atoms with van der Waals surface area (Å²) in [6.07, 6.45) is 0. The van der Waals surface area contributed by atoms with Crippen LogP contribution in [0.5, 0.6) is 0 Å². The molecular formula is C13H25N5O. The second kappa shape index (κ2) is 5.56. The van der Waals surface area contributed by atoms with Crippen LogP contribution in [0.2, 0.25) is 0 Å². The minimum atomic E-state index is -0.544. The first-order valence-electron chi connectivity index (χ1n) is 6.94. The third-order valence-electron chi connectivity index (χ3n) is 3.54. The zero-order valence-electron chi connectivity index (χ0n) is 12.4. The first kappa shape index (κ1) is 14.4. The Hall–Kier alpha value is -0.980. The zero-order valence-corrected chi connectivity index (χ0v) is 12.4. The van der Waals surface area contributed by atoms with Gasteiger partial charge in [0, 0.05) is 32.2 Å². The molecule has 1 aromatic rings. The summed E-state index contributed by atoms with van der Waals surface area (Å²) >= 11 is 0. The third kappa shape index (κ3) is 3.75. The van der Waals surface area contributed by atoms with Crippen LogP contribution in [0, 0.1) is 0 Å². The Bertz CT molecular complexity index is 401. The monoisotopic (exact) mass is 267 g/mol. The first-order chi connectivity index (χ1) is 8.86. The number of hydrogen-bond acceptors (Lipinski definition) is 6. The number of nitrogens with two attached hydrogens (primary N) is 1. The van der Waals surface area contributed by atoms with E-state index in [1.807, 2.05) is 13.8 Å². The Balaban J connectivity index is 1.87. The van der Waals surface area contributed by atoms with Crippen molar-refractivity contribution in [2.24, 2.45) is 5.73 Å². The van der Waals surface area contributed by atoms with Gasteiger partial charge in [-0.25, -0.2) is 0 Å². The van der Waals surface area contributed by atoms with Gasteiger partial charge in [-0.3, -0.25) is 9.80 Å². The van der Waals surface area contributed by atoms with Crippen LogP contribution in [0.1, 0.15) is 39.4 Å². The van der Waals surface area contributed by atoms with Crippen LogP contribution in [0.4, 0.5) is 0 Å². The molecule has 1 saturated heterocycles. The number of aromatic nitrogens is 2. The first-order valence-corrected chi connectivity index (χ1v) is 6.94. The summed E-state index contributed by atoms with van der Waals surface area (Å²) in [6.45, 7) is 13.2. The highest BCUT2D eigenvalue weighted by Gasteiger charge is 2.24. The van der Waals surface area contributed by atoms with Gasteiger partial charge in [-0.05, 0) is 27.7 Å². The third-order valence-corrected chi connectivity index (χ3v) is 3.54. The molecule has 0 spiro atoms. The van der Waals surface area contributed by atoms with E-state index in [0.717, 1.165) is 32.7 Å². The van der Waals surface area contributed by atoms with Gasteiger partial charge in [-0.15, -0.1) is 0 Å². The van der Waals surface area contributed by atoms with Crippen molar-refractivity contribution in [2.75, 3.05) is 26.2 Å². The van der Waals surface area contributed by atoms with Crippen molar-refractivity contribution in [1.82, 2.24) is 19.9 Å². The predicted octanol–water partition coefficient (Wildman–Crippen LogP) is 0.789. The molecule has 1 aliphatic rings. The molecule has 1 aliphatic heterocycles. The molecule has 108 valence electrons. The summed E-state index contributed by atoms with van der Waals surface area (Å²) in [7, 11) is 0. The Kier molecular flexibility index (Phi) is 4.23. The van der Waals surface area contributed by atoms with Gasteiger partial charge in [0.2, 0.25) is 5.89 Å². The van der Waals surface area contributed by atoms with E-state index in [2.05, 4.69) is 33.8 Å². The quantitative estimate of drug-likeness (QED) is 0.869. The van der Waals surface area contributed by atoms with Gasteiger partial charge in [0.1, 0.15) is 0 Å². The molecule has 0 bridgehead atoms. The van der Waals surface area contributed by atoms with Gasteiger partial charge < -0.3 is 10.3 Å². The molecule has 2 heterocycles. The standard InChI is InChI=1S/C13H25N5O/c1-10(2)18-7-5-17(6-8-18)9-11-15-12(16-19-11)13(3,4)14/h10H,5-9,14H2,1-4H3. The Morgan fingerprint density at radius 3 is 2.37 bits per heavy atom. The fraction of sp³-hybridized carbons (Fsp3) is 0.846. The highest BCUT2D eigenvalue weighted by Crippen LogP contribution is 2.14. The van der Waals surface area contributed by atoms with Crippen LogP contribution in [-0.2, 0) is 12.1 Å². The van der Waals surface area contributed by atoms with E-state index < -0.39 is 5.54 Å². The molecule has 0 aliphatic carbocycles. The summed E-state index contributed by atoms with van der Waals surface area (Å²) in [5, 5.41) is 3.95. The SMILES string of the molecule is CC(C)N1CCN(Cc2nc(C(C)(C)N)no2)CC1. The van der Waals surface area contributed by atoms with Gasteiger partial charge in [0.25, 0.3) is 0 Å². The second-order valence-electron chi connectivity index (χ2n) is 6.14. The summed E-state index contributed by atoms with van der Waals surface area (Å²) in [4.78, 5) is 9.20. The molecule has 6 heteroatoms. The molecule has 0 aromatic carbocycles. The van der Waals surface area contributed by atoms with Crippen molar-refractivity contribution in [1.29, 1.82) is 0 Å². The largest absolute Gasteiger partial charge is 0.338 e. The van der Waals surface area contributed by atoms with Gasteiger partial charge in [0.05, 0.1) is 12.1 Å². The Labute approximate surface area is 114 Å². The van der Waals surface area contributed by atoms with E-state index >= 15 is 0 Å². The van der Waals surface area contributed by atoms with Crippen LogP contribution in [0.15, 0.2) is 4.52 Å². The fourth-order valence-corrected chi connectivity index (χ4v) is 2.21. The normalized spacial score (nSPS) is 19.3. The van der Waals surface area contributed by atoms with Crippen molar-refractivity contribution < 1.29 is 4.52 Å². The Morgan fingerprint density at radius 1 is 1.26 bits per heavy atom. The minimum absolute atomic E-state index is 0.544. The molecule has 1 fully saturated rings. The lowest BCUT2D eigenvalue weighted by atomic mass is 10.1. The lowest BCUT2D eigenvalue weighted by Crippen LogP contribution is -2.48. The number of rotatable bonds is 4. The van der Waals surface area contributed by atoms with E-state index in [-0.39, 0.29) is 0 Å². The van der Waals surface area contributed by atoms with Crippen molar-refractivity contribution in [2.45, 2.75) is 45.8 Å². The van der Waals surface area contributed by atoms with Crippen LogP contribution in [0.25, 0.3) is 0 Å². The van der Waals surface area contributed by atoms with Crippen molar-refractivity contribution >= 4 is 0 Å².